The van der Waals surface area contributed by atoms with Crippen LogP contribution in [-0.4, -0.2) is 11.6 Å². The van der Waals surface area contributed by atoms with Crippen molar-refractivity contribution >= 4 is 11.6 Å². The minimum absolute atomic E-state index is 0.470. The Morgan fingerprint density at radius 1 is 0.348 bits per heavy atom. The van der Waals surface area contributed by atoms with Crippen molar-refractivity contribution in [1.29, 1.82) is 0 Å². The Bertz CT molecular complexity index is 594. The first-order chi connectivity index (χ1) is 22.3. The smallest absolute Gasteiger partial charge is 0.133 e. The third kappa shape index (κ3) is 31.9. The summed E-state index contributed by atoms with van der Waals surface area (Å²) in [5.41, 5.74) is 0. The number of hydrogen-bond acceptors (Lipinski definition) is 2. The van der Waals surface area contributed by atoms with Gasteiger partial charge in [0, 0.05) is 25.7 Å². The SMILES string of the molecule is CCCCCCCCCC(CCCCCCCC(=O)CC(C)C)C(CCCCCCCCC)CCCCCCCC(=O)CC(C)C. The topological polar surface area (TPSA) is 34.1 Å². The van der Waals surface area contributed by atoms with Gasteiger partial charge >= 0.3 is 0 Å². The van der Waals surface area contributed by atoms with Crippen LogP contribution >= 0.6 is 0 Å². The minimum atomic E-state index is 0.470. The number of carbonyl (C=O) groups is 2. The van der Waals surface area contributed by atoms with Crippen LogP contribution in [0.2, 0.25) is 0 Å². The maximum Gasteiger partial charge on any atom is 0.133 e. The quantitative estimate of drug-likeness (QED) is 0.0629. The summed E-state index contributed by atoms with van der Waals surface area (Å²) in [4.78, 5) is 24.2. The molecule has 0 bridgehead atoms. The van der Waals surface area contributed by atoms with Crippen LogP contribution in [0.25, 0.3) is 0 Å². The standard InChI is InChI=1S/C44H86O2/c1-7-9-11-13-15-19-25-31-41(33-27-21-17-23-29-35-43(45)37-39(3)4)42(32-26-20-16-14-12-10-8-2)34-28-22-18-24-30-36-44(46)38-40(5)6/h39-42H,7-38H2,1-6H3. The monoisotopic (exact) mass is 647 g/mol. The fourth-order valence-electron chi connectivity index (χ4n) is 7.59. The van der Waals surface area contributed by atoms with Crippen LogP contribution in [-0.2, 0) is 9.59 Å². The fraction of sp³-hybridized carbons (Fsp3) is 0.955. The number of carbonyl (C=O) groups excluding carboxylic acids is 2. The van der Waals surface area contributed by atoms with Crippen molar-refractivity contribution in [3.63, 3.8) is 0 Å². The Kier molecular flexibility index (Phi) is 33.7. The van der Waals surface area contributed by atoms with Gasteiger partial charge in [-0.1, -0.05) is 208 Å². The second kappa shape index (κ2) is 34.2. The molecule has 2 atom stereocenters. The van der Waals surface area contributed by atoms with Crippen LogP contribution in [0.5, 0.6) is 0 Å². The molecule has 0 rings (SSSR count). The average molecular weight is 647 g/mol. The fourth-order valence-corrected chi connectivity index (χ4v) is 7.59. The van der Waals surface area contributed by atoms with Gasteiger partial charge in [0.05, 0.1) is 0 Å². The Labute approximate surface area is 291 Å². The van der Waals surface area contributed by atoms with E-state index in [1.165, 1.54) is 167 Å². The van der Waals surface area contributed by atoms with Gasteiger partial charge in [0.15, 0.2) is 0 Å². The summed E-state index contributed by atoms with van der Waals surface area (Å²) >= 11 is 0. The highest BCUT2D eigenvalue weighted by Crippen LogP contribution is 2.34. The molecule has 0 saturated heterocycles. The number of ketones is 2. The van der Waals surface area contributed by atoms with Crippen molar-refractivity contribution in [1.82, 2.24) is 0 Å². The summed E-state index contributed by atoms with van der Waals surface area (Å²) in [7, 11) is 0. The van der Waals surface area contributed by atoms with E-state index in [4.69, 9.17) is 0 Å². The van der Waals surface area contributed by atoms with Crippen molar-refractivity contribution in [2.45, 2.75) is 247 Å². The molecule has 0 aliphatic carbocycles. The number of Topliss-reactive ketones (excluding diaryl/α,β-unsaturated/α-hetero) is 2. The summed E-state index contributed by atoms with van der Waals surface area (Å²) < 4.78 is 0. The first kappa shape index (κ1) is 45.3. The van der Waals surface area contributed by atoms with E-state index < -0.39 is 0 Å². The molecule has 0 amide bonds. The lowest BCUT2D eigenvalue weighted by Gasteiger charge is -2.28. The lowest BCUT2D eigenvalue weighted by atomic mass is 9.78. The van der Waals surface area contributed by atoms with E-state index in [1.807, 2.05) is 0 Å². The molecule has 0 saturated carbocycles. The van der Waals surface area contributed by atoms with E-state index >= 15 is 0 Å². The molecule has 0 aromatic heterocycles. The van der Waals surface area contributed by atoms with Gasteiger partial charge in [-0.2, -0.15) is 0 Å². The van der Waals surface area contributed by atoms with Gasteiger partial charge in [0.25, 0.3) is 0 Å². The molecule has 2 nitrogen and oxygen atoms in total. The Morgan fingerprint density at radius 3 is 0.848 bits per heavy atom. The molecule has 274 valence electrons. The molecule has 0 aliphatic heterocycles. The normalized spacial score (nSPS) is 13.1. The second-order valence-electron chi connectivity index (χ2n) is 16.2. The summed E-state index contributed by atoms with van der Waals surface area (Å²) in [5, 5.41) is 0. The van der Waals surface area contributed by atoms with Crippen molar-refractivity contribution in [2.24, 2.45) is 23.7 Å². The third-order valence-electron chi connectivity index (χ3n) is 10.4. The Morgan fingerprint density at radius 2 is 0.587 bits per heavy atom. The molecule has 0 aromatic rings. The van der Waals surface area contributed by atoms with Gasteiger partial charge in [-0.15, -0.1) is 0 Å². The summed E-state index contributed by atoms with van der Waals surface area (Å²) in [6, 6.07) is 0. The predicted octanol–water partition coefficient (Wildman–Crippen LogP) is 15.2. The zero-order chi connectivity index (χ0) is 34.1. The van der Waals surface area contributed by atoms with Crippen LogP contribution in [0, 0.1) is 23.7 Å². The van der Waals surface area contributed by atoms with Gasteiger partial charge in [0.2, 0.25) is 0 Å². The molecule has 0 radical (unpaired) electrons. The molecular weight excluding hydrogens is 560 g/mol. The van der Waals surface area contributed by atoms with E-state index in [-0.39, 0.29) is 0 Å². The number of hydrogen-bond donors (Lipinski definition) is 0. The van der Waals surface area contributed by atoms with Gasteiger partial charge < -0.3 is 0 Å². The van der Waals surface area contributed by atoms with Gasteiger partial charge in [-0.25, -0.2) is 0 Å². The third-order valence-corrected chi connectivity index (χ3v) is 10.4. The van der Waals surface area contributed by atoms with E-state index in [0.29, 0.717) is 23.4 Å². The van der Waals surface area contributed by atoms with Gasteiger partial charge in [-0.3, -0.25) is 9.59 Å². The van der Waals surface area contributed by atoms with Crippen LogP contribution in [0.4, 0.5) is 0 Å². The zero-order valence-corrected chi connectivity index (χ0v) is 32.8. The van der Waals surface area contributed by atoms with Crippen LogP contribution < -0.4 is 0 Å². The molecule has 0 aromatic carbocycles. The highest BCUT2D eigenvalue weighted by atomic mass is 16.1. The number of rotatable bonds is 37. The summed E-state index contributed by atoms with van der Waals surface area (Å²) in [6.07, 6.45) is 41.5. The van der Waals surface area contributed by atoms with Crippen LogP contribution in [0.15, 0.2) is 0 Å². The van der Waals surface area contributed by atoms with Crippen molar-refractivity contribution in [2.75, 3.05) is 0 Å². The molecular formula is C44H86O2. The molecule has 0 spiro atoms. The van der Waals surface area contributed by atoms with E-state index in [0.717, 1.165) is 50.4 Å². The molecule has 2 unspecified atom stereocenters. The van der Waals surface area contributed by atoms with Crippen molar-refractivity contribution in [3.05, 3.63) is 0 Å². The first-order valence-electron chi connectivity index (χ1n) is 21.3. The second-order valence-corrected chi connectivity index (χ2v) is 16.2. The molecule has 0 heterocycles. The van der Waals surface area contributed by atoms with E-state index in [1.54, 1.807) is 0 Å². The highest BCUT2D eigenvalue weighted by molar-refractivity contribution is 5.78. The van der Waals surface area contributed by atoms with Crippen molar-refractivity contribution in [3.8, 4) is 0 Å². The largest absolute Gasteiger partial charge is 0.300 e. The lowest BCUT2D eigenvalue weighted by Crippen LogP contribution is -2.16. The molecule has 46 heavy (non-hydrogen) atoms. The first-order valence-corrected chi connectivity index (χ1v) is 21.3. The average Bonchev–Trinajstić information content (AvgIpc) is 3.00. The zero-order valence-electron chi connectivity index (χ0n) is 32.8. The maximum absolute atomic E-state index is 12.1. The van der Waals surface area contributed by atoms with E-state index in [9.17, 15) is 9.59 Å². The number of unbranched alkanes of at least 4 members (excludes halogenated alkanes) is 20. The minimum Gasteiger partial charge on any atom is -0.300 e. The van der Waals surface area contributed by atoms with Crippen LogP contribution in [0.1, 0.15) is 247 Å². The Balaban J connectivity index is 4.87. The van der Waals surface area contributed by atoms with Crippen molar-refractivity contribution < 1.29 is 9.59 Å². The molecule has 0 N–H and O–H groups in total. The van der Waals surface area contributed by atoms with Gasteiger partial charge in [0.1, 0.15) is 11.6 Å². The lowest BCUT2D eigenvalue weighted by molar-refractivity contribution is -0.120. The van der Waals surface area contributed by atoms with Gasteiger partial charge in [-0.05, 0) is 36.5 Å². The summed E-state index contributed by atoms with van der Waals surface area (Å²) in [6.45, 7) is 13.2. The Hall–Kier alpha value is -0.660. The van der Waals surface area contributed by atoms with Crippen LogP contribution in [0.3, 0.4) is 0 Å². The molecule has 0 fully saturated rings. The molecule has 2 heteroatoms. The van der Waals surface area contributed by atoms with E-state index in [2.05, 4.69) is 41.5 Å². The predicted molar refractivity (Wildman–Crippen MR) is 206 cm³/mol. The summed E-state index contributed by atoms with van der Waals surface area (Å²) in [5.74, 6) is 3.77. The maximum atomic E-state index is 12.1. The molecule has 0 aliphatic rings. The highest BCUT2D eigenvalue weighted by Gasteiger charge is 2.21.